The molecule has 1 aromatic carbocycles. The second-order valence-corrected chi connectivity index (χ2v) is 6.54. The Morgan fingerprint density at radius 1 is 1.26 bits per heavy atom. The average molecular weight is 379 g/mol. The van der Waals surface area contributed by atoms with E-state index in [-0.39, 0.29) is 18.4 Å². The van der Waals surface area contributed by atoms with Gasteiger partial charge in [0.25, 0.3) is 0 Å². The fourth-order valence-corrected chi connectivity index (χ4v) is 3.03. The lowest BCUT2D eigenvalue weighted by Gasteiger charge is -2.32. The fourth-order valence-electron chi connectivity index (χ4n) is 3.03. The average Bonchev–Trinajstić information content (AvgIpc) is 2.62. The molecule has 144 valence electrons. The first-order valence-electron chi connectivity index (χ1n) is 8.71. The van der Waals surface area contributed by atoms with Crippen LogP contribution in [0.5, 0.6) is 5.88 Å². The van der Waals surface area contributed by atoms with Crippen LogP contribution in [0.3, 0.4) is 0 Å². The molecule has 1 fully saturated rings. The van der Waals surface area contributed by atoms with E-state index in [1.807, 2.05) is 0 Å². The van der Waals surface area contributed by atoms with Crippen LogP contribution in [0, 0.1) is 6.92 Å². The molecule has 1 amide bonds. The molecular formula is C19H20F3N3O2. The van der Waals surface area contributed by atoms with Crippen molar-refractivity contribution in [3.05, 3.63) is 53.5 Å². The molecule has 8 heteroatoms. The molecule has 5 nitrogen and oxygen atoms in total. The highest BCUT2D eigenvalue weighted by atomic mass is 19.4. The summed E-state index contributed by atoms with van der Waals surface area (Å²) in [5.74, 6) is 0.963. The molecule has 0 bridgehead atoms. The minimum absolute atomic E-state index is 0.0669. The van der Waals surface area contributed by atoms with Crippen molar-refractivity contribution in [2.75, 3.05) is 13.1 Å². The van der Waals surface area contributed by atoms with Crippen LogP contribution in [0.4, 0.5) is 13.2 Å². The molecule has 0 unspecified atom stereocenters. The second-order valence-electron chi connectivity index (χ2n) is 6.54. The predicted octanol–water partition coefficient (Wildman–Crippen LogP) is 3.42. The van der Waals surface area contributed by atoms with Gasteiger partial charge < -0.3 is 9.64 Å². The number of alkyl halides is 3. The van der Waals surface area contributed by atoms with Gasteiger partial charge in [-0.2, -0.15) is 18.2 Å². The van der Waals surface area contributed by atoms with Gasteiger partial charge >= 0.3 is 6.18 Å². The number of carbonyl (C=O) groups is 1. The third-order valence-electron chi connectivity index (χ3n) is 4.41. The van der Waals surface area contributed by atoms with Gasteiger partial charge in [0.1, 0.15) is 11.9 Å². The quantitative estimate of drug-likeness (QED) is 0.817. The zero-order valence-corrected chi connectivity index (χ0v) is 14.9. The Hall–Kier alpha value is -2.64. The number of hydrogen-bond acceptors (Lipinski definition) is 4. The van der Waals surface area contributed by atoms with E-state index in [0.717, 1.165) is 25.0 Å². The van der Waals surface area contributed by atoms with Gasteiger partial charge in [-0.3, -0.25) is 4.79 Å². The zero-order valence-electron chi connectivity index (χ0n) is 14.9. The summed E-state index contributed by atoms with van der Waals surface area (Å²) >= 11 is 0. The Morgan fingerprint density at radius 2 is 2.00 bits per heavy atom. The number of ether oxygens (including phenoxy) is 1. The second kappa shape index (κ2) is 7.94. The Kier molecular flexibility index (Phi) is 5.62. The molecule has 1 aliphatic rings. The molecule has 3 rings (SSSR count). The minimum atomic E-state index is -4.38. The van der Waals surface area contributed by atoms with Crippen molar-refractivity contribution >= 4 is 5.91 Å². The number of amides is 1. The van der Waals surface area contributed by atoms with Crippen molar-refractivity contribution in [2.45, 2.75) is 38.5 Å². The first-order chi connectivity index (χ1) is 12.8. The highest BCUT2D eigenvalue weighted by molar-refractivity contribution is 5.79. The van der Waals surface area contributed by atoms with Crippen LogP contribution in [0.2, 0.25) is 0 Å². The molecule has 2 aromatic rings. The Bertz CT molecular complexity index is 794. The largest absolute Gasteiger partial charge is 0.472 e. The third kappa shape index (κ3) is 5.18. The lowest BCUT2D eigenvalue weighted by Crippen LogP contribution is -2.45. The highest BCUT2D eigenvalue weighted by Gasteiger charge is 2.30. The summed E-state index contributed by atoms with van der Waals surface area (Å²) in [4.78, 5) is 22.4. The number of carbonyl (C=O) groups excluding carboxylic acids is 1. The highest BCUT2D eigenvalue weighted by Crippen LogP contribution is 2.29. The molecule has 2 heterocycles. The number of likely N-dealkylation sites (tertiary alicyclic amines) is 1. The third-order valence-corrected chi connectivity index (χ3v) is 4.41. The smallest absolute Gasteiger partial charge is 0.416 e. The topological polar surface area (TPSA) is 55.3 Å². The molecule has 0 spiro atoms. The van der Waals surface area contributed by atoms with Crippen molar-refractivity contribution in [2.24, 2.45) is 0 Å². The number of hydrogen-bond donors (Lipinski definition) is 0. The molecule has 1 saturated heterocycles. The van der Waals surface area contributed by atoms with Gasteiger partial charge in [-0.05, 0) is 37.5 Å². The Morgan fingerprint density at radius 3 is 2.67 bits per heavy atom. The molecule has 0 aliphatic carbocycles. The molecular weight excluding hydrogens is 359 g/mol. The normalized spacial score (nSPS) is 17.6. The first kappa shape index (κ1) is 19.1. The maximum absolute atomic E-state index is 12.6. The van der Waals surface area contributed by atoms with Gasteiger partial charge in [0, 0.05) is 18.8 Å². The van der Waals surface area contributed by atoms with E-state index in [0.29, 0.717) is 30.4 Å². The number of aromatic nitrogens is 2. The number of aryl methyl sites for hydroxylation is 1. The monoisotopic (exact) mass is 379 g/mol. The molecule has 27 heavy (non-hydrogen) atoms. The van der Waals surface area contributed by atoms with Crippen molar-refractivity contribution in [1.82, 2.24) is 14.9 Å². The van der Waals surface area contributed by atoms with Crippen LogP contribution in [-0.4, -0.2) is 40.0 Å². The van der Waals surface area contributed by atoms with Crippen LogP contribution in [0.15, 0.2) is 36.5 Å². The molecule has 1 atom stereocenters. The van der Waals surface area contributed by atoms with Gasteiger partial charge in [0.15, 0.2) is 0 Å². The Balaban J connectivity index is 1.58. The zero-order chi connectivity index (χ0) is 19.4. The van der Waals surface area contributed by atoms with E-state index >= 15 is 0 Å². The summed E-state index contributed by atoms with van der Waals surface area (Å²) in [6.45, 7) is 2.82. The standard InChI is InChI=1S/C19H20F3N3O2/c1-13-23-9-8-17(24-13)27-16-3-2-10-25(12-16)18(26)11-14-4-6-15(7-5-14)19(20,21)22/h4-9,16H,2-3,10-12H2,1H3/t16-/m1/s1. The molecule has 1 aliphatic heterocycles. The Labute approximate surface area is 155 Å². The van der Waals surface area contributed by atoms with E-state index in [1.165, 1.54) is 12.1 Å². The van der Waals surface area contributed by atoms with Gasteiger partial charge in [0.05, 0.1) is 18.5 Å². The molecule has 0 N–H and O–H groups in total. The van der Waals surface area contributed by atoms with Crippen molar-refractivity contribution in [3.8, 4) is 5.88 Å². The number of halogens is 3. The van der Waals surface area contributed by atoms with Crippen LogP contribution in [-0.2, 0) is 17.4 Å². The van der Waals surface area contributed by atoms with Crippen LogP contribution in [0.1, 0.15) is 29.8 Å². The number of piperidine rings is 1. The summed E-state index contributed by atoms with van der Waals surface area (Å²) < 4.78 is 43.7. The number of benzene rings is 1. The number of rotatable bonds is 4. The maximum atomic E-state index is 12.6. The first-order valence-corrected chi connectivity index (χ1v) is 8.71. The van der Waals surface area contributed by atoms with Crippen LogP contribution >= 0.6 is 0 Å². The van der Waals surface area contributed by atoms with E-state index in [1.54, 1.807) is 24.1 Å². The van der Waals surface area contributed by atoms with E-state index < -0.39 is 11.7 Å². The molecule has 1 aromatic heterocycles. The molecule has 0 saturated carbocycles. The predicted molar refractivity (Wildman–Crippen MR) is 92.1 cm³/mol. The summed E-state index contributed by atoms with van der Waals surface area (Å²) in [6, 6.07) is 6.38. The summed E-state index contributed by atoms with van der Waals surface area (Å²) in [7, 11) is 0. The fraction of sp³-hybridized carbons (Fsp3) is 0.421. The van der Waals surface area contributed by atoms with E-state index in [4.69, 9.17) is 4.74 Å². The summed E-state index contributed by atoms with van der Waals surface area (Å²) in [5.41, 5.74) is -0.159. The van der Waals surface area contributed by atoms with Gasteiger partial charge in [-0.25, -0.2) is 4.98 Å². The van der Waals surface area contributed by atoms with Crippen molar-refractivity contribution in [3.63, 3.8) is 0 Å². The summed E-state index contributed by atoms with van der Waals surface area (Å²) in [6.07, 6.45) is -1.24. The summed E-state index contributed by atoms with van der Waals surface area (Å²) in [5, 5.41) is 0. The van der Waals surface area contributed by atoms with Crippen LogP contribution in [0.25, 0.3) is 0 Å². The lowest BCUT2D eigenvalue weighted by molar-refractivity contribution is -0.137. The van der Waals surface area contributed by atoms with Gasteiger partial charge in [-0.15, -0.1) is 0 Å². The maximum Gasteiger partial charge on any atom is 0.416 e. The van der Waals surface area contributed by atoms with Crippen LogP contribution < -0.4 is 4.74 Å². The van der Waals surface area contributed by atoms with Gasteiger partial charge in [-0.1, -0.05) is 12.1 Å². The van der Waals surface area contributed by atoms with Gasteiger partial charge in [0.2, 0.25) is 11.8 Å². The SMILES string of the molecule is Cc1nccc(O[C@@H]2CCCN(C(=O)Cc3ccc(C(F)(F)F)cc3)C2)n1. The van der Waals surface area contributed by atoms with E-state index in [2.05, 4.69) is 9.97 Å². The van der Waals surface area contributed by atoms with E-state index in [9.17, 15) is 18.0 Å². The molecule has 0 radical (unpaired) electrons. The van der Waals surface area contributed by atoms with Crippen molar-refractivity contribution < 1.29 is 22.7 Å². The number of nitrogens with zero attached hydrogens (tertiary/aromatic N) is 3. The van der Waals surface area contributed by atoms with Crippen molar-refractivity contribution in [1.29, 1.82) is 0 Å². The lowest BCUT2D eigenvalue weighted by atomic mass is 10.1. The minimum Gasteiger partial charge on any atom is -0.472 e.